The number of aliphatic hydroxyl groups is 1. The molecule has 2 fully saturated rings. The van der Waals surface area contributed by atoms with E-state index >= 15 is 0 Å². The number of aliphatic hydroxyl groups excluding tert-OH is 1. The van der Waals surface area contributed by atoms with Crippen molar-refractivity contribution >= 4 is 17.4 Å². The summed E-state index contributed by atoms with van der Waals surface area (Å²) < 4.78 is 54.3. The molecule has 1 aromatic heterocycles. The number of carbonyl (C=O) groups excluding carboxylic acids is 1. The van der Waals surface area contributed by atoms with Crippen molar-refractivity contribution in [3.63, 3.8) is 0 Å². The summed E-state index contributed by atoms with van der Waals surface area (Å²) in [5, 5.41) is 10.8. The number of anilines is 2. The van der Waals surface area contributed by atoms with Gasteiger partial charge in [-0.2, -0.15) is 13.2 Å². The van der Waals surface area contributed by atoms with Crippen molar-refractivity contribution in [1.82, 2.24) is 9.88 Å². The van der Waals surface area contributed by atoms with Gasteiger partial charge < -0.3 is 19.8 Å². The molecule has 1 N–H and O–H groups in total. The maximum absolute atomic E-state index is 14.0. The molecule has 4 rings (SSSR count). The maximum Gasteiger partial charge on any atom is 0.416 e. The van der Waals surface area contributed by atoms with E-state index in [2.05, 4.69) is 9.88 Å². The summed E-state index contributed by atoms with van der Waals surface area (Å²) in [5.74, 6) is -0.830. The lowest BCUT2D eigenvalue weighted by molar-refractivity contribution is -0.137. The summed E-state index contributed by atoms with van der Waals surface area (Å²) in [7, 11) is 0. The van der Waals surface area contributed by atoms with Crippen LogP contribution in [-0.4, -0.2) is 65.8 Å². The molecule has 0 saturated carbocycles. The minimum Gasteiger partial charge on any atom is -0.390 e. The van der Waals surface area contributed by atoms with Gasteiger partial charge in [0.05, 0.1) is 11.7 Å². The van der Waals surface area contributed by atoms with Gasteiger partial charge in [0.2, 0.25) is 0 Å². The van der Waals surface area contributed by atoms with E-state index in [1.54, 1.807) is 13.0 Å². The van der Waals surface area contributed by atoms with Crippen LogP contribution in [0.15, 0.2) is 30.3 Å². The number of halogens is 4. The van der Waals surface area contributed by atoms with Crippen molar-refractivity contribution in [2.45, 2.75) is 57.9 Å². The fourth-order valence-corrected chi connectivity index (χ4v) is 5.07. The Morgan fingerprint density at radius 2 is 1.86 bits per heavy atom. The molecule has 10 heteroatoms. The number of carbonyl (C=O) groups is 1. The number of pyridine rings is 1. The van der Waals surface area contributed by atoms with Crippen LogP contribution < -0.4 is 9.80 Å². The fraction of sp³-hybridized carbons (Fsp3) is 0.538. The number of rotatable bonds is 7. The molecular weight excluding hydrogens is 476 g/mol. The largest absolute Gasteiger partial charge is 0.416 e. The number of likely N-dealkylation sites (tertiary alicyclic amines) is 1. The molecule has 2 atom stereocenters. The van der Waals surface area contributed by atoms with E-state index in [0.717, 1.165) is 44.6 Å². The first kappa shape index (κ1) is 26.3. The molecule has 3 heterocycles. The van der Waals surface area contributed by atoms with Crippen LogP contribution in [0.1, 0.15) is 42.5 Å². The van der Waals surface area contributed by atoms with E-state index in [0.29, 0.717) is 24.2 Å². The Morgan fingerprint density at radius 3 is 2.53 bits per heavy atom. The van der Waals surface area contributed by atoms with Gasteiger partial charge in [-0.1, -0.05) is 0 Å². The van der Waals surface area contributed by atoms with Crippen LogP contribution in [0.5, 0.6) is 0 Å². The number of hydrogen-bond donors (Lipinski definition) is 1. The summed E-state index contributed by atoms with van der Waals surface area (Å²) in [4.78, 5) is 23.5. The third-order valence-corrected chi connectivity index (χ3v) is 6.95. The second-order valence-electron chi connectivity index (χ2n) is 9.67. The van der Waals surface area contributed by atoms with Crippen molar-refractivity contribution < 1.29 is 27.5 Å². The van der Waals surface area contributed by atoms with E-state index < -0.39 is 35.6 Å². The normalized spacial score (nSPS) is 20.8. The average molecular weight is 509 g/mol. The Kier molecular flexibility index (Phi) is 7.85. The zero-order valence-electron chi connectivity index (χ0n) is 20.6. The van der Waals surface area contributed by atoms with Crippen LogP contribution in [0, 0.1) is 19.7 Å². The highest BCUT2D eigenvalue weighted by Gasteiger charge is 2.42. The topological polar surface area (TPSA) is 59.9 Å². The molecule has 1 aromatic carbocycles. The Balaban J connectivity index is 1.63. The minimum atomic E-state index is -4.56. The Bertz CT molecular complexity index is 1090. The van der Waals surface area contributed by atoms with Crippen molar-refractivity contribution in [2.75, 3.05) is 42.5 Å². The number of aryl methyl sites for hydroxylation is 2. The summed E-state index contributed by atoms with van der Waals surface area (Å²) in [5.41, 5.74) is 0.189. The Labute approximate surface area is 208 Å². The highest BCUT2D eigenvalue weighted by Crippen LogP contribution is 2.34. The molecule has 0 spiro atoms. The van der Waals surface area contributed by atoms with Gasteiger partial charge >= 0.3 is 6.18 Å². The van der Waals surface area contributed by atoms with Crippen LogP contribution in [0.4, 0.5) is 29.1 Å². The zero-order valence-corrected chi connectivity index (χ0v) is 20.6. The number of nitrogens with zero attached hydrogens (tertiary/aromatic N) is 4. The van der Waals surface area contributed by atoms with Gasteiger partial charge in [0, 0.05) is 24.5 Å². The molecule has 0 radical (unpaired) electrons. The minimum absolute atomic E-state index is 0.00419. The predicted molar refractivity (Wildman–Crippen MR) is 130 cm³/mol. The second-order valence-corrected chi connectivity index (χ2v) is 9.67. The van der Waals surface area contributed by atoms with Crippen LogP contribution in [0.3, 0.4) is 0 Å². The molecule has 1 amide bonds. The summed E-state index contributed by atoms with van der Waals surface area (Å²) in [6.07, 6.45) is -2.45. The highest BCUT2D eigenvalue weighted by atomic mass is 19.4. The summed E-state index contributed by atoms with van der Waals surface area (Å²) in [6.45, 7) is 6.43. The third kappa shape index (κ3) is 5.81. The van der Waals surface area contributed by atoms with Crippen LogP contribution in [0.2, 0.25) is 0 Å². The first-order chi connectivity index (χ1) is 17.0. The summed E-state index contributed by atoms with van der Waals surface area (Å²) >= 11 is 0. The van der Waals surface area contributed by atoms with Crippen molar-refractivity contribution in [2.24, 2.45) is 0 Å². The third-order valence-electron chi connectivity index (χ3n) is 6.95. The monoisotopic (exact) mass is 508 g/mol. The standard InChI is InChI=1S/C26H32F4N4O2/c1-17-14-20(6-7-21(17)27)33(12-5-11-32-9-3-4-10-32)25(36)24-22(35)8-13-34(24)23-16-19(26(28,29)30)15-18(2)31-23/h6-7,14-16,22,24,35H,3-5,8-13H2,1-2H3/t22-,24+/m1/s1. The molecule has 0 unspecified atom stereocenters. The lowest BCUT2D eigenvalue weighted by Gasteiger charge is -2.33. The van der Waals surface area contributed by atoms with E-state index in [4.69, 9.17) is 0 Å². The lowest BCUT2D eigenvalue weighted by Crippen LogP contribution is -2.51. The fourth-order valence-electron chi connectivity index (χ4n) is 5.07. The molecular formula is C26H32F4N4O2. The molecule has 0 aliphatic carbocycles. The number of hydrogen-bond acceptors (Lipinski definition) is 5. The predicted octanol–water partition coefficient (Wildman–Crippen LogP) is 4.32. The van der Waals surface area contributed by atoms with Crippen molar-refractivity contribution in [3.05, 3.63) is 53.0 Å². The van der Waals surface area contributed by atoms with Gasteiger partial charge in [-0.15, -0.1) is 0 Å². The average Bonchev–Trinajstić information content (AvgIpc) is 3.47. The Morgan fingerprint density at radius 1 is 1.14 bits per heavy atom. The van der Waals surface area contributed by atoms with Crippen molar-refractivity contribution in [3.8, 4) is 0 Å². The first-order valence-electron chi connectivity index (χ1n) is 12.3. The molecule has 2 aliphatic rings. The van der Waals surface area contributed by atoms with Crippen LogP contribution in [-0.2, 0) is 11.0 Å². The number of benzene rings is 1. The zero-order chi connectivity index (χ0) is 26.0. The van der Waals surface area contributed by atoms with E-state index in [1.807, 2.05) is 0 Å². The molecule has 2 saturated heterocycles. The molecule has 36 heavy (non-hydrogen) atoms. The lowest BCUT2D eigenvalue weighted by atomic mass is 10.1. The Hall–Kier alpha value is -2.72. The SMILES string of the molecule is Cc1cc(C(F)(F)F)cc(N2CC[C@@H](O)[C@H]2C(=O)N(CCCN2CCCC2)c2ccc(F)c(C)c2)n1. The van der Waals surface area contributed by atoms with Gasteiger partial charge in [-0.3, -0.25) is 4.79 Å². The first-order valence-corrected chi connectivity index (χ1v) is 12.3. The number of aromatic nitrogens is 1. The van der Waals surface area contributed by atoms with Crippen molar-refractivity contribution in [1.29, 1.82) is 0 Å². The van der Waals surface area contributed by atoms with Gasteiger partial charge in [0.1, 0.15) is 17.7 Å². The maximum atomic E-state index is 14.0. The molecule has 6 nitrogen and oxygen atoms in total. The smallest absolute Gasteiger partial charge is 0.390 e. The molecule has 196 valence electrons. The van der Waals surface area contributed by atoms with Gasteiger partial charge in [-0.25, -0.2) is 9.37 Å². The van der Waals surface area contributed by atoms with Gasteiger partial charge in [0.25, 0.3) is 5.91 Å². The molecule has 2 aromatic rings. The number of amides is 1. The second kappa shape index (κ2) is 10.7. The van der Waals surface area contributed by atoms with E-state index in [9.17, 15) is 27.5 Å². The summed E-state index contributed by atoms with van der Waals surface area (Å²) in [6, 6.07) is 5.18. The highest BCUT2D eigenvalue weighted by molar-refractivity contribution is 6.00. The molecule has 0 bridgehead atoms. The van der Waals surface area contributed by atoms with E-state index in [1.165, 1.54) is 28.9 Å². The van der Waals surface area contributed by atoms with E-state index in [-0.39, 0.29) is 24.5 Å². The molecule has 2 aliphatic heterocycles. The van der Waals surface area contributed by atoms with Gasteiger partial charge in [0.15, 0.2) is 0 Å². The van der Waals surface area contributed by atoms with Gasteiger partial charge in [-0.05, 0) is 95.1 Å². The van der Waals surface area contributed by atoms with Crippen LogP contribution >= 0.6 is 0 Å². The number of alkyl halides is 3. The van der Waals surface area contributed by atoms with Crippen LogP contribution in [0.25, 0.3) is 0 Å². The quantitative estimate of drug-likeness (QED) is 0.565.